The van der Waals surface area contributed by atoms with Crippen molar-refractivity contribution in [2.24, 2.45) is 5.92 Å². The van der Waals surface area contributed by atoms with Gasteiger partial charge in [-0.2, -0.15) is 5.10 Å². The highest BCUT2D eigenvalue weighted by Crippen LogP contribution is 2.21. The smallest absolute Gasteiger partial charge is 0.343 e. The summed E-state index contributed by atoms with van der Waals surface area (Å²) in [7, 11) is 0. The second-order valence-electron chi connectivity index (χ2n) is 6.87. The number of hydrogen-bond donors (Lipinski definition) is 1. The molecule has 8 nitrogen and oxygen atoms in total. The first-order valence-corrected chi connectivity index (χ1v) is 9.28. The maximum absolute atomic E-state index is 12.2. The minimum absolute atomic E-state index is 0.0571. The molecular formula is C17H28N4O4. The zero-order valence-electron chi connectivity index (χ0n) is 14.9. The number of carbonyl (C=O) groups is 1. The predicted octanol–water partition coefficient (Wildman–Crippen LogP) is 0.568. The average molecular weight is 352 g/mol. The Balaban J connectivity index is 1.38. The van der Waals surface area contributed by atoms with E-state index in [1.807, 2.05) is 11.8 Å². The minimum atomic E-state index is -0.145. The van der Waals surface area contributed by atoms with E-state index in [0.717, 1.165) is 57.6 Å². The van der Waals surface area contributed by atoms with Crippen molar-refractivity contribution in [3.05, 3.63) is 16.3 Å². The number of aromatic amines is 1. The van der Waals surface area contributed by atoms with Crippen molar-refractivity contribution < 1.29 is 14.3 Å². The molecule has 1 aromatic heterocycles. The van der Waals surface area contributed by atoms with Gasteiger partial charge in [-0.1, -0.05) is 0 Å². The number of rotatable bonds is 7. The van der Waals surface area contributed by atoms with Crippen LogP contribution in [0.4, 0.5) is 0 Å². The van der Waals surface area contributed by atoms with Gasteiger partial charge in [0.25, 0.3) is 0 Å². The first-order valence-electron chi connectivity index (χ1n) is 9.28. The van der Waals surface area contributed by atoms with Crippen molar-refractivity contribution >= 4 is 5.91 Å². The van der Waals surface area contributed by atoms with Crippen LogP contribution in [-0.2, 0) is 27.2 Å². The van der Waals surface area contributed by atoms with Gasteiger partial charge >= 0.3 is 5.69 Å². The van der Waals surface area contributed by atoms with E-state index in [0.29, 0.717) is 19.1 Å². The fraction of sp³-hybridized carbons (Fsp3) is 0.824. The number of ether oxygens (including phenoxy) is 2. The average Bonchev–Trinajstić information content (AvgIpc) is 3.25. The standard InChI is InChI=1S/C17H28N4O4/c1-2-21-15(18-19-17(21)23)10-13-5-7-20(8-6-13)16(22)12-24-11-14-4-3-9-25-14/h13-14H,2-12H2,1H3,(H,19,23). The molecule has 1 unspecified atom stereocenters. The SMILES string of the molecule is CCn1c(CC2CCN(C(=O)COCC3CCCO3)CC2)n[nH]c1=O. The van der Waals surface area contributed by atoms with Gasteiger partial charge in [0, 0.05) is 32.7 Å². The van der Waals surface area contributed by atoms with E-state index in [9.17, 15) is 9.59 Å². The highest BCUT2D eigenvalue weighted by Gasteiger charge is 2.25. The minimum Gasteiger partial charge on any atom is -0.376 e. The molecule has 0 saturated carbocycles. The van der Waals surface area contributed by atoms with E-state index in [-0.39, 0.29) is 24.3 Å². The fourth-order valence-electron chi connectivity index (χ4n) is 3.62. The van der Waals surface area contributed by atoms with Crippen molar-refractivity contribution in [1.82, 2.24) is 19.7 Å². The van der Waals surface area contributed by atoms with Crippen LogP contribution in [0.5, 0.6) is 0 Å². The molecule has 1 atom stereocenters. The number of carbonyl (C=O) groups excluding carboxylic acids is 1. The largest absolute Gasteiger partial charge is 0.376 e. The molecule has 0 bridgehead atoms. The van der Waals surface area contributed by atoms with E-state index < -0.39 is 0 Å². The molecule has 0 radical (unpaired) electrons. The Labute approximate surface area is 147 Å². The van der Waals surface area contributed by atoms with Gasteiger partial charge in [-0.05, 0) is 38.5 Å². The van der Waals surface area contributed by atoms with Gasteiger partial charge < -0.3 is 14.4 Å². The monoisotopic (exact) mass is 352 g/mol. The van der Waals surface area contributed by atoms with Crippen LogP contribution in [0.25, 0.3) is 0 Å². The van der Waals surface area contributed by atoms with Crippen LogP contribution in [0, 0.1) is 5.92 Å². The van der Waals surface area contributed by atoms with E-state index in [1.54, 1.807) is 4.57 Å². The maximum atomic E-state index is 12.2. The van der Waals surface area contributed by atoms with E-state index in [2.05, 4.69) is 10.2 Å². The third kappa shape index (κ3) is 4.70. The molecule has 2 saturated heterocycles. The lowest BCUT2D eigenvalue weighted by molar-refractivity contribution is -0.138. The highest BCUT2D eigenvalue weighted by molar-refractivity contribution is 5.77. The van der Waals surface area contributed by atoms with Crippen molar-refractivity contribution in [2.75, 3.05) is 32.9 Å². The Morgan fingerprint density at radius 3 is 2.84 bits per heavy atom. The lowest BCUT2D eigenvalue weighted by Crippen LogP contribution is -2.41. The van der Waals surface area contributed by atoms with E-state index >= 15 is 0 Å². The second kappa shape index (κ2) is 8.62. The number of nitrogens with one attached hydrogen (secondary N) is 1. The summed E-state index contributed by atoms with van der Waals surface area (Å²) in [4.78, 5) is 25.7. The third-order valence-electron chi connectivity index (χ3n) is 5.15. The molecule has 0 aliphatic carbocycles. The Bertz CT molecular complexity index is 612. The lowest BCUT2D eigenvalue weighted by Gasteiger charge is -2.31. The Morgan fingerprint density at radius 2 is 2.16 bits per heavy atom. The number of piperidine rings is 1. The molecule has 1 N–H and O–H groups in total. The molecule has 2 aliphatic rings. The van der Waals surface area contributed by atoms with Crippen LogP contribution in [0.1, 0.15) is 38.4 Å². The highest BCUT2D eigenvalue weighted by atomic mass is 16.5. The van der Waals surface area contributed by atoms with Crippen LogP contribution in [0.2, 0.25) is 0 Å². The zero-order chi connectivity index (χ0) is 17.6. The summed E-state index contributed by atoms with van der Waals surface area (Å²) in [5.74, 6) is 1.33. The van der Waals surface area contributed by atoms with Gasteiger partial charge in [0.2, 0.25) is 5.91 Å². The van der Waals surface area contributed by atoms with E-state index in [4.69, 9.17) is 9.47 Å². The summed E-state index contributed by atoms with van der Waals surface area (Å²) >= 11 is 0. The van der Waals surface area contributed by atoms with Gasteiger partial charge in [-0.3, -0.25) is 9.36 Å². The number of aromatic nitrogens is 3. The fourth-order valence-corrected chi connectivity index (χ4v) is 3.62. The molecule has 0 aromatic carbocycles. The number of nitrogens with zero attached hydrogens (tertiary/aromatic N) is 3. The van der Waals surface area contributed by atoms with Gasteiger partial charge in [-0.25, -0.2) is 9.89 Å². The molecule has 2 fully saturated rings. The van der Waals surface area contributed by atoms with Gasteiger partial charge in [0.15, 0.2) is 0 Å². The predicted molar refractivity (Wildman–Crippen MR) is 91.3 cm³/mol. The van der Waals surface area contributed by atoms with Crippen LogP contribution >= 0.6 is 0 Å². The molecule has 25 heavy (non-hydrogen) atoms. The number of H-pyrrole nitrogens is 1. The number of hydrogen-bond acceptors (Lipinski definition) is 5. The molecule has 140 valence electrons. The quantitative estimate of drug-likeness (QED) is 0.775. The molecule has 1 amide bonds. The molecule has 8 heteroatoms. The Kier molecular flexibility index (Phi) is 6.25. The Hall–Kier alpha value is -1.67. The first-order chi connectivity index (χ1) is 12.2. The third-order valence-corrected chi connectivity index (χ3v) is 5.15. The van der Waals surface area contributed by atoms with Crippen LogP contribution in [0.15, 0.2) is 4.79 Å². The number of amides is 1. The number of likely N-dealkylation sites (tertiary alicyclic amines) is 1. The summed E-state index contributed by atoms with van der Waals surface area (Å²) in [6.07, 6.45) is 4.91. The van der Waals surface area contributed by atoms with Crippen molar-refractivity contribution in [2.45, 2.75) is 51.7 Å². The molecule has 0 spiro atoms. The lowest BCUT2D eigenvalue weighted by atomic mass is 9.93. The van der Waals surface area contributed by atoms with Gasteiger partial charge in [0.1, 0.15) is 12.4 Å². The van der Waals surface area contributed by atoms with Crippen molar-refractivity contribution in [1.29, 1.82) is 0 Å². The normalized spacial score (nSPS) is 21.8. The summed E-state index contributed by atoms with van der Waals surface area (Å²) in [5, 5.41) is 6.64. The van der Waals surface area contributed by atoms with E-state index in [1.165, 1.54) is 0 Å². The topological polar surface area (TPSA) is 89.4 Å². The summed E-state index contributed by atoms with van der Waals surface area (Å²) < 4.78 is 12.7. The second-order valence-corrected chi connectivity index (χ2v) is 6.87. The van der Waals surface area contributed by atoms with Crippen molar-refractivity contribution in [3.63, 3.8) is 0 Å². The molecule has 3 rings (SSSR count). The molecule has 1 aromatic rings. The first kappa shape index (κ1) is 18.1. The van der Waals surface area contributed by atoms with Crippen LogP contribution < -0.4 is 5.69 Å². The maximum Gasteiger partial charge on any atom is 0.343 e. The zero-order valence-corrected chi connectivity index (χ0v) is 14.9. The molecular weight excluding hydrogens is 324 g/mol. The van der Waals surface area contributed by atoms with Crippen molar-refractivity contribution in [3.8, 4) is 0 Å². The van der Waals surface area contributed by atoms with Gasteiger partial charge in [0.05, 0.1) is 12.7 Å². The Morgan fingerprint density at radius 1 is 1.36 bits per heavy atom. The summed E-state index contributed by atoms with van der Waals surface area (Å²) in [6.45, 7) is 5.51. The summed E-state index contributed by atoms with van der Waals surface area (Å²) in [5.41, 5.74) is -0.145. The molecule has 3 heterocycles. The van der Waals surface area contributed by atoms with Gasteiger partial charge in [-0.15, -0.1) is 0 Å². The van der Waals surface area contributed by atoms with Crippen LogP contribution in [0.3, 0.4) is 0 Å². The van der Waals surface area contributed by atoms with Crippen LogP contribution in [-0.4, -0.2) is 64.6 Å². The summed E-state index contributed by atoms with van der Waals surface area (Å²) in [6, 6.07) is 0. The molecule has 2 aliphatic heterocycles.